The standard InChI is InChI=1S/C12H24N2O/c1-15-12-8-11(9-12)14-6-3-10(2-5-13)4-7-14/h10-12H,2-9,13H2,1H3. The van der Waals surface area contributed by atoms with Crippen molar-refractivity contribution in [3.8, 4) is 0 Å². The number of likely N-dealkylation sites (tertiary alicyclic amines) is 1. The van der Waals surface area contributed by atoms with Crippen molar-refractivity contribution in [1.29, 1.82) is 0 Å². The molecular weight excluding hydrogens is 188 g/mol. The van der Waals surface area contributed by atoms with Gasteiger partial charge < -0.3 is 15.4 Å². The molecule has 1 saturated heterocycles. The van der Waals surface area contributed by atoms with Gasteiger partial charge in [-0.2, -0.15) is 0 Å². The average Bonchev–Trinajstić information content (AvgIpc) is 2.19. The fourth-order valence-electron chi connectivity index (χ4n) is 2.87. The van der Waals surface area contributed by atoms with E-state index >= 15 is 0 Å². The smallest absolute Gasteiger partial charge is 0.0601 e. The summed E-state index contributed by atoms with van der Waals surface area (Å²) >= 11 is 0. The molecule has 0 amide bonds. The minimum Gasteiger partial charge on any atom is -0.381 e. The molecule has 88 valence electrons. The van der Waals surface area contributed by atoms with Gasteiger partial charge in [0.25, 0.3) is 0 Å². The van der Waals surface area contributed by atoms with E-state index in [1.165, 1.54) is 45.2 Å². The lowest BCUT2D eigenvalue weighted by Gasteiger charge is -2.45. The Kier molecular flexibility index (Phi) is 4.00. The molecule has 2 N–H and O–H groups in total. The van der Waals surface area contributed by atoms with Crippen LogP contribution in [0, 0.1) is 5.92 Å². The largest absolute Gasteiger partial charge is 0.381 e. The van der Waals surface area contributed by atoms with Gasteiger partial charge in [0.05, 0.1) is 6.10 Å². The van der Waals surface area contributed by atoms with E-state index in [4.69, 9.17) is 10.5 Å². The Morgan fingerprint density at radius 3 is 2.47 bits per heavy atom. The highest BCUT2D eigenvalue weighted by Gasteiger charge is 2.35. The van der Waals surface area contributed by atoms with E-state index < -0.39 is 0 Å². The van der Waals surface area contributed by atoms with Crippen molar-refractivity contribution in [3.05, 3.63) is 0 Å². The van der Waals surface area contributed by atoms with E-state index in [0.717, 1.165) is 18.5 Å². The lowest BCUT2D eigenvalue weighted by Crippen LogP contribution is -2.50. The third kappa shape index (κ3) is 2.71. The molecule has 0 aromatic carbocycles. The van der Waals surface area contributed by atoms with Gasteiger partial charge in [-0.3, -0.25) is 0 Å². The van der Waals surface area contributed by atoms with Crippen LogP contribution in [0.25, 0.3) is 0 Å². The highest BCUT2D eigenvalue weighted by Crippen LogP contribution is 2.31. The van der Waals surface area contributed by atoms with Gasteiger partial charge in [0.2, 0.25) is 0 Å². The highest BCUT2D eigenvalue weighted by molar-refractivity contribution is 4.89. The van der Waals surface area contributed by atoms with Crippen LogP contribution < -0.4 is 5.73 Å². The van der Waals surface area contributed by atoms with Crippen molar-refractivity contribution in [2.75, 3.05) is 26.7 Å². The lowest BCUT2D eigenvalue weighted by molar-refractivity contribution is -0.0364. The molecule has 3 heteroatoms. The molecule has 0 unspecified atom stereocenters. The molecule has 2 aliphatic rings. The molecule has 0 bridgehead atoms. The molecule has 15 heavy (non-hydrogen) atoms. The second kappa shape index (κ2) is 5.28. The second-order valence-electron chi connectivity index (χ2n) is 5.04. The number of rotatable bonds is 4. The summed E-state index contributed by atoms with van der Waals surface area (Å²) in [5.74, 6) is 0.893. The molecule has 1 saturated carbocycles. The quantitative estimate of drug-likeness (QED) is 0.761. The summed E-state index contributed by atoms with van der Waals surface area (Å²) in [5.41, 5.74) is 5.60. The van der Waals surface area contributed by atoms with Crippen molar-refractivity contribution in [1.82, 2.24) is 4.90 Å². The number of hydrogen-bond donors (Lipinski definition) is 1. The van der Waals surface area contributed by atoms with Crippen LogP contribution in [0.1, 0.15) is 32.1 Å². The van der Waals surface area contributed by atoms with Gasteiger partial charge in [-0.1, -0.05) is 0 Å². The first kappa shape index (κ1) is 11.4. The summed E-state index contributed by atoms with van der Waals surface area (Å²) in [6.45, 7) is 3.43. The predicted octanol–water partition coefficient (Wildman–Crippen LogP) is 1.22. The number of piperidine rings is 1. The van der Waals surface area contributed by atoms with Crippen LogP contribution in [0.3, 0.4) is 0 Å². The topological polar surface area (TPSA) is 38.5 Å². The number of hydrogen-bond acceptors (Lipinski definition) is 3. The predicted molar refractivity (Wildman–Crippen MR) is 61.8 cm³/mol. The molecule has 1 heterocycles. The lowest BCUT2D eigenvalue weighted by atomic mass is 9.85. The van der Waals surface area contributed by atoms with Crippen LogP contribution in [0.5, 0.6) is 0 Å². The summed E-state index contributed by atoms with van der Waals surface area (Å²) in [6.07, 6.45) is 6.96. The van der Waals surface area contributed by atoms with Gasteiger partial charge in [-0.05, 0) is 57.7 Å². The van der Waals surface area contributed by atoms with E-state index in [9.17, 15) is 0 Å². The molecule has 1 aliphatic carbocycles. The molecular formula is C12H24N2O. The van der Waals surface area contributed by atoms with E-state index in [2.05, 4.69) is 4.90 Å². The first-order chi connectivity index (χ1) is 7.33. The number of methoxy groups -OCH3 is 1. The minimum absolute atomic E-state index is 0.539. The fraction of sp³-hybridized carbons (Fsp3) is 1.00. The Balaban J connectivity index is 1.66. The Hall–Kier alpha value is -0.120. The van der Waals surface area contributed by atoms with Gasteiger partial charge >= 0.3 is 0 Å². The number of nitrogens with two attached hydrogens (primary N) is 1. The third-order valence-corrected chi connectivity index (χ3v) is 4.14. The van der Waals surface area contributed by atoms with Gasteiger partial charge in [0.15, 0.2) is 0 Å². The SMILES string of the molecule is COC1CC(N2CCC(CCN)CC2)C1. The Morgan fingerprint density at radius 2 is 1.93 bits per heavy atom. The zero-order valence-electron chi connectivity index (χ0n) is 9.82. The van der Waals surface area contributed by atoms with Gasteiger partial charge in [-0.25, -0.2) is 0 Å². The van der Waals surface area contributed by atoms with Gasteiger partial charge in [-0.15, -0.1) is 0 Å². The molecule has 3 nitrogen and oxygen atoms in total. The van der Waals surface area contributed by atoms with E-state index in [1.54, 1.807) is 0 Å². The maximum absolute atomic E-state index is 5.60. The van der Waals surface area contributed by atoms with Crippen molar-refractivity contribution in [2.45, 2.75) is 44.2 Å². The normalized spacial score (nSPS) is 34.0. The second-order valence-corrected chi connectivity index (χ2v) is 5.04. The molecule has 0 aromatic rings. The van der Waals surface area contributed by atoms with Gasteiger partial charge in [0, 0.05) is 13.2 Å². The summed E-state index contributed by atoms with van der Waals surface area (Å²) in [4.78, 5) is 2.66. The monoisotopic (exact) mass is 212 g/mol. The Bertz CT molecular complexity index is 184. The molecule has 0 atom stereocenters. The molecule has 0 aromatic heterocycles. The maximum atomic E-state index is 5.60. The van der Waals surface area contributed by atoms with E-state index in [-0.39, 0.29) is 0 Å². The summed E-state index contributed by atoms with van der Waals surface area (Å²) in [7, 11) is 1.83. The zero-order valence-corrected chi connectivity index (χ0v) is 9.82. The summed E-state index contributed by atoms with van der Waals surface area (Å²) in [5, 5.41) is 0. The van der Waals surface area contributed by atoms with Gasteiger partial charge in [0.1, 0.15) is 0 Å². The van der Waals surface area contributed by atoms with Crippen LogP contribution in [-0.4, -0.2) is 43.8 Å². The molecule has 1 aliphatic heterocycles. The van der Waals surface area contributed by atoms with Crippen molar-refractivity contribution < 1.29 is 4.74 Å². The molecule has 0 spiro atoms. The molecule has 0 radical (unpaired) electrons. The van der Waals surface area contributed by atoms with Crippen molar-refractivity contribution in [3.63, 3.8) is 0 Å². The van der Waals surface area contributed by atoms with Crippen LogP contribution in [0.2, 0.25) is 0 Å². The van der Waals surface area contributed by atoms with Crippen LogP contribution in [0.4, 0.5) is 0 Å². The summed E-state index contributed by atoms with van der Waals surface area (Å²) in [6, 6.07) is 0.814. The zero-order chi connectivity index (χ0) is 10.7. The van der Waals surface area contributed by atoms with E-state index in [1.807, 2.05) is 7.11 Å². The average molecular weight is 212 g/mol. The number of ether oxygens (including phenoxy) is 1. The maximum Gasteiger partial charge on any atom is 0.0601 e. The van der Waals surface area contributed by atoms with Crippen molar-refractivity contribution >= 4 is 0 Å². The highest BCUT2D eigenvalue weighted by atomic mass is 16.5. The molecule has 2 rings (SSSR count). The minimum atomic E-state index is 0.539. The Labute approximate surface area is 93.0 Å². The van der Waals surface area contributed by atoms with E-state index in [0.29, 0.717) is 6.10 Å². The molecule has 2 fully saturated rings. The first-order valence-electron chi connectivity index (χ1n) is 6.30. The van der Waals surface area contributed by atoms with Crippen LogP contribution in [-0.2, 0) is 4.74 Å². The van der Waals surface area contributed by atoms with Crippen LogP contribution in [0.15, 0.2) is 0 Å². The third-order valence-electron chi connectivity index (χ3n) is 4.14. The van der Waals surface area contributed by atoms with Crippen molar-refractivity contribution in [2.24, 2.45) is 11.7 Å². The number of nitrogens with zero attached hydrogens (tertiary/aromatic N) is 1. The van der Waals surface area contributed by atoms with Crippen LogP contribution >= 0.6 is 0 Å². The first-order valence-corrected chi connectivity index (χ1v) is 6.30. The fourth-order valence-corrected chi connectivity index (χ4v) is 2.87. The summed E-state index contributed by atoms with van der Waals surface area (Å²) < 4.78 is 5.32. The Morgan fingerprint density at radius 1 is 1.27 bits per heavy atom.